The minimum atomic E-state index is -2.95. The highest BCUT2D eigenvalue weighted by Gasteiger charge is 2.32. The molecule has 4 rings (SSSR count). The van der Waals surface area contributed by atoms with E-state index in [4.69, 9.17) is 0 Å². The summed E-state index contributed by atoms with van der Waals surface area (Å²) in [6.45, 7) is 1.05. The van der Waals surface area contributed by atoms with E-state index in [0.29, 0.717) is 31.5 Å². The Hall–Kier alpha value is -2.41. The fourth-order valence-corrected chi connectivity index (χ4v) is 5.80. The SMILES string of the molecule is O=C(NC1CCS(=O)(=O)CC1)C1CCCN(C(=O)c2cccc3ccccc23)C1. The monoisotopic (exact) mass is 414 g/mol. The molecule has 0 spiro atoms. The van der Waals surface area contributed by atoms with Crippen LogP contribution in [-0.4, -0.2) is 55.8 Å². The van der Waals surface area contributed by atoms with E-state index in [1.807, 2.05) is 42.5 Å². The van der Waals surface area contributed by atoms with E-state index >= 15 is 0 Å². The minimum Gasteiger partial charge on any atom is -0.353 e. The maximum atomic E-state index is 13.2. The lowest BCUT2D eigenvalue weighted by Crippen LogP contribution is -2.49. The van der Waals surface area contributed by atoms with Gasteiger partial charge in [-0.1, -0.05) is 36.4 Å². The smallest absolute Gasteiger partial charge is 0.254 e. The summed E-state index contributed by atoms with van der Waals surface area (Å²) < 4.78 is 23.1. The van der Waals surface area contributed by atoms with E-state index in [1.54, 1.807) is 4.90 Å². The Bertz CT molecular complexity index is 1010. The van der Waals surface area contributed by atoms with Crippen molar-refractivity contribution < 1.29 is 18.0 Å². The third-order valence-electron chi connectivity index (χ3n) is 6.00. The van der Waals surface area contributed by atoms with Crippen LogP contribution >= 0.6 is 0 Å². The molecule has 6 nitrogen and oxygen atoms in total. The molecule has 29 heavy (non-hydrogen) atoms. The molecule has 0 aromatic heterocycles. The van der Waals surface area contributed by atoms with Crippen LogP contribution in [0.5, 0.6) is 0 Å². The first-order valence-corrected chi connectivity index (χ1v) is 12.0. The highest BCUT2D eigenvalue weighted by Crippen LogP contribution is 2.24. The zero-order valence-corrected chi connectivity index (χ0v) is 17.2. The molecule has 0 saturated carbocycles. The van der Waals surface area contributed by atoms with Crippen molar-refractivity contribution >= 4 is 32.4 Å². The number of hydrogen-bond acceptors (Lipinski definition) is 4. The third-order valence-corrected chi connectivity index (χ3v) is 7.72. The first-order chi connectivity index (χ1) is 13.9. The van der Waals surface area contributed by atoms with Crippen LogP contribution < -0.4 is 5.32 Å². The van der Waals surface area contributed by atoms with Crippen molar-refractivity contribution in [2.24, 2.45) is 5.92 Å². The fraction of sp³-hybridized carbons (Fsp3) is 0.455. The molecule has 7 heteroatoms. The molecule has 2 aromatic carbocycles. The van der Waals surface area contributed by atoms with Crippen LogP contribution in [0.4, 0.5) is 0 Å². The molecule has 2 amide bonds. The van der Waals surface area contributed by atoms with E-state index in [2.05, 4.69) is 5.32 Å². The van der Waals surface area contributed by atoms with Crippen molar-refractivity contribution in [3.05, 3.63) is 48.0 Å². The molecule has 2 heterocycles. The van der Waals surface area contributed by atoms with E-state index in [9.17, 15) is 18.0 Å². The molecule has 2 aliphatic rings. The Morgan fingerprint density at radius 3 is 2.48 bits per heavy atom. The molecule has 2 aliphatic heterocycles. The van der Waals surface area contributed by atoms with Gasteiger partial charge in [0.25, 0.3) is 5.91 Å². The van der Waals surface area contributed by atoms with E-state index in [1.165, 1.54) is 0 Å². The van der Waals surface area contributed by atoms with Crippen molar-refractivity contribution in [1.29, 1.82) is 0 Å². The van der Waals surface area contributed by atoms with Gasteiger partial charge in [-0.25, -0.2) is 8.42 Å². The van der Waals surface area contributed by atoms with Crippen molar-refractivity contribution in [2.45, 2.75) is 31.7 Å². The van der Waals surface area contributed by atoms with Crippen molar-refractivity contribution in [3.63, 3.8) is 0 Å². The van der Waals surface area contributed by atoms with E-state index < -0.39 is 9.84 Å². The van der Waals surface area contributed by atoms with Gasteiger partial charge < -0.3 is 10.2 Å². The number of carbonyl (C=O) groups is 2. The molecule has 0 radical (unpaired) electrons. The van der Waals surface area contributed by atoms with Crippen LogP contribution in [-0.2, 0) is 14.6 Å². The maximum Gasteiger partial charge on any atom is 0.254 e. The van der Waals surface area contributed by atoms with Crippen LogP contribution in [0.3, 0.4) is 0 Å². The van der Waals surface area contributed by atoms with Crippen LogP contribution in [0.15, 0.2) is 42.5 Å². The molecule has 1 unspecified atom stereocenters. The summed E-state index contributed by atoms with van der Waals surface area (Å²) in [7, 11) is -2.95. The molecular formula is C22H26N2O4S. The van der Waals surface area contributed by atoms with Gasteiger partial charge in [0.2, 0.25) is 5.91 Å². The summed E-state index contributed by atoms with van der Waals surface area (Å²) in [5.41, 5.74) is 0.668. The highest BCUT2D eigenvalue weighted by atomic mass is 32.2. The second-order valence-corrected chi connectivity index (χ2v) is 10.4. The summed E-state index contributed by atoms with van der Waals surface area (Å²) in [4.78, 5) is 27.7. The zero-order chi connectivity index (χ0) is 20.4. The number of carbonyl (C=O) groups excluding carboxylic acids is 2. The Morgan fingerprint density at radius 2 is 1.69 bits per heavy atom. The van der Waals surface area contributed by atoms with Crippen LogP contribution in [0.2, 0.25) is 0 Å². The fourth-order valence-electron chi connectivity index (χ4n) is 4.31. The van der Waals surface area contributed by atoms with Gasteiger partial charge in [-0.3, -0.25) is 9.59 Å². The summed E-state index contributed by atoms with van der Waals surface area (Å²) in [5, 5.41) is 4.96. The summed E-state index contributed by atoms with van der Waals surface area (Å²) in [6.07, 6.45) is 2.47. The molecule has 154 valence electrons. The molecule has 1 atom stereocenters. The number of piperidine rings is 1. The Labute approximate surface area is 171 Å². The molecule has 0 aliphatic carbocycles. The van der Waals surface area contributed by atoms with Crippen LogP contribution in [0.1, 0.15) is 36.0 Å². The number of nitrogens with zero attached hydrogens (tertiary/aromatic N) is 1. The van der Waals surface area contributed by atoms with Crippen LogP contribution in [0.25, 0.3) is 10.8 Å². The van der Waals surface area contributed by atoms with Gasteiger partial charge in [0, 0.05) is 24.7 Å². The second kappa shape index (κ2) is 8.14. The quantitative estimate of drug-likeness (QED) is 0.836. The summed E-state index contributed by atoms with van der Waals surface area (Å²) in [5.74, 6) is -0.0863. The number of sulfone groups is 1. The van der Waals surface area contributed by atoms with Gasteiger partial charge in [-0.15, -0.1) is 0 Å². The number of likely N-dealkylation sites (tertiary alicyclic amines) is 1. The second-order valence-electron chi connectivity index (χ2n) is 8.05. The average molecular weight is 415 g/mol. The highest BCUT2D eigenvalue weighted by molar-refractivity contribution is 7.91. The summed E-state index contributed by atoms with van der Waals surface area (Å²) in [6, 6.07) is 13.5. The van der Waals surface area contributed by atoms with Crippen molar-refractivity contribution in [1.82, 2.24) is 10.2 Å². The predicted molar refractivity (Wildman–Crippen MR) is 112 cm³/mol. The van der Waals surface area contributed by atoms with E-state index in [0.717, 1.165) is 23.6 Å². The van der Waals surface area contributed by atoms with E-state index in [-0.39, 0.29) is 35.3 Å². The average Bonchev–Trinajstić information content (AvgIpc) is 2.74. The zero-order valence-electron chi connectivity index (χ0n) is 16.3. The minimum absolute atomic E-state index is 0.0388. The van der Waals surface area contributed by atoms with Gasteiger partial charge in [-0.2, -0.15) is 0 Å². The number of amides is 2. The van der Waals surface area contributed by atoms with Crippen molar-refractivity contribution in [2.75, 3.05) is 24.6 Å². The number of rotatable bonds is 3. The van der Waals surface area contributed by atoms with Gasteiger partial charge in [0.05, 0.1) is 17.4 Å². The molecule has 2 fully saturated rings. The molecule has 2 aromatic rings. The lowest BCUT2D eigenvalue weighted by molar-refractivity contribution is -0.127. The van der Waals surface area contributed by atoms with Gasteiger partial charge in [0.15, 0.2) is 0 Å². The standard InChI is InChI=1S/C22H26N2O4S/c25-21(23-18-10-13-29(27,28)14-11-18)17-7-4-12-24(15-17)22(26)20-9-3-6-16-5-1-2-8-19(16)20/h1-3,5-6,8-9,17-18H,4,7,10-15H2,(H,23,25). The topological polar surface area (TPSA) is 83.6 Å². The molecule has 1 N–H and O–H groups in total. The van der Waals surface area contributed by atoms with Gasteiger partial charge in [-0.05, 0) is 42.5 Å². The van der Waals surface area contributed by atoms with Crippen LogP contribution in [0, 0.1) is 5.92 Å². The maximum absolute atomic E-state index is 13.2. The number of nitrogens with one attached hydrogen (secondary N) is 1. The first-order valence-electron chi connectivity index (χ1n) is 10.2. The van der Waals surface area contributed by atoms with Gasteiger partial charge >= 0.3 is 0 Å². The molecule has 0 bridgehead atoms. The first kappa shape index (κ1) is 19.9. The lowest BCUT2D eigenvalue weighted by Gasteiger charge is -2.33. The normalized spacial score (nSPS) is 22.3. The summed E-state index contributed by atoms with van der Waals surface area (Å²) >= 11 is 0. The third kappa shape index (κ3) is 4.45. The van der Waals surface area contributed by atoms with Gasteiger partial charge in [0.1, 0.15) is 9.84 Å². The Morgan fingerprint density at radius 1 is 0.966 bits per heavy atom. The number of benzene rings is 2. The lowest BCUT2D eigenvalue weighted by atomic mass is 9.95. The number of hydrogen-bond donors (Lipinski definition) is 1. The predicted octanol–water partition coefficient (Wildman–Crippen LogP) is 2.39. The molecule has 2 saturated heterocycles. The van der Waals surface area contributed by atoms with Crippen molar-refractivity contribution in [3.8, 4) is 0 Å². The largest absolute Gasteiger partial charge is 0.353 e. The molecular weight excluding hydrogens is 388 g/mol. The number of fused-ring (bicyclic) bond motifs is 1. The Balaban J connectivity index is 1.42. The Kier molecular flexibility index (Phi) is 5.58.